The van der Waals surface area contributed by atoms with Gasteiger partial charge in [-0.3, -0.25) is 0 Å². The number of esters is 2. The summed E-state index contributed by atoms with van der Waals surface area (Å²) in [6.07, 6.45) is -0.307. The van der Waals surface area contributed by atoms with Crippen LogP contribution in [0.3, 0.4) is 0 Å². The van der Waals surface area contributed by atoms with Crippen molar-refractivity contribution >= 4 is 11.9 Å². The van der Waals surface area contributed by atoms with Crippen molar-refractivity contribution in [3.05, 3.63) is 23.8 Å². The van der Waals surface area contributed by atoms with E-state index >= 15 is 0 Å². The van der Waals surface area contributed by atoms with E-state index in [1.807, 2.05) is 13.8 Å². The lowest BCUT2D eigenvalue weighted by molar-refractivity contribution is -0.150. The Hall–Kier alpha value is -1.66. The predicted molar refractivity (Wildman–Crippen MR) is 93.8 cm³/mol. The minimum absolute atomic E-state index is 0.00999. The zero-order valence-corrected chi connectivity index (χ0v) is 15.8. The van der Waals surface area contributed by atoms with Crippen molar-refractivity contribution in [1.29, 1.82) is 0 Å². The van der Waals surface area contributed by atoms with E-state index in [4.69, 9.17) is 9.47 Å². The third kappa shape index (κ3) is 2.62. The predicted octanol–water partition coefficient (Wildman–Crippen LogP) is 1.75. The van der Waals surface area contributed by atoms with E-state index in [-0.39, 0.29) is 23.8 Å². The molecular weight excluding hydrogens is 336 g/mol. The van der Waals surface area contributed by atoms with Crippen molar-refractivity contribution in [2.75, 3.05) is 0 Å². The molecule has 6 nitrogen and oxygen atoms in total. The Morgan fingerprint density at radius 2 is 2.04 bits per heavy atom. The van der Waals surface area contributed by atoms with Gasteiger partial charge in [-0.25, -0.2) is 9.59 Å². The van der Waals surface area contributed by atoms with E-state index in [0.717, 1.165) is 0 Å². The summed E-state index contributed by atoms with van der Waals surface area (Å²) >= 11 is 0. The van der Waals surface area contributed by atoms with Gasteiger partial charge in [-0.2, -0.15) is 0 Å². The number of aliphatic hydroxyl groups is 2. The standard InChI is InChI=1S/C20H28O6/c1-6-9(2)18(23)26-13-8-14(21)20(5)16(13)10(3)7-12-15(17(20)22)11(4)19(24)25-12/h6,10,12-17,21-22H,4,7-8H2,1-3,5H3/b9-6-/t10-,12+,13+,14-,15-,16-,17+,20-/m1/s1. The molecule has 0 aromatic rings. The highest BCUT2D eigenvalue weighted by Crippen LogP contribution is 2.57. The minimum atomic E-state index is -0.997. The van der Waals surface area contributed by atoms with E-state index in [1.54, 1.807) is 19.9 Å². The maximum Gasteiger partial charge on any atom is 0.334 e. The number of carbonyl (C=O) groups is 2. The average Bonchev–Trinajstić information content (AvgIpc) is 2.97. The zero-order chi connectivity index (χ0) is 19.4. The molecule has 2 N–H and O–H groups in total. The highest BCUT2D eigenvalue weighted by molar-refractivity contribution is 5.91. The Kier molecular flexibility index (Phi) is 4.78. The van der Waals surface area contributed by atoms with Crippen LogP contribution in [0, 0.1) is 23.2 Å². The maximum atomic E-state index is 12.3. The number of rotatable bonds is 2. The summed E-state index contributed by atoms with van der Waals surface area (Å²) in [6.45, 7) is 11.1. The van der Waals surface area contributed by atoms with Crippen molar-refractivity contribution < 1.29 is 29.3 Å². The molecule has 1 saturated heterocycles. The molecule has 1 aliphatic heterocycles. The van der Waals surface area contributed by atoms with E-state index < -0.39 is 47.7 Å². The van der Waals surface area contributed by atoms with E-state index in [1.165, 1.54) is 0 Å². The van der Waals surface area contributed by atoms with Crippen LogP contribution in [-0.2, 0) is 19.1 Å². The van der Waals surface area contributed by atoms with Crippen molar-refractivity contribution in [2.45, 2.75) is 65.0 Å². The molecule has 0 radical (unpaired) electrons. The molecule has 0 bridgehead atoms. The summed E-state index contributed by atoms with van der Waals surface area (Å²) < 4.78 is 11.1. The lowest BCUT2D eigenvalue weighted by atomic mass is 9.67. The van der Waals surface area contributed by atoms with Crippen LogP contribution in [0.2, 0.25) is 0 Å². The Balaban J connectivity index is 1.96. The third-order valence-corrected chi connectivity index (χ3v) is 6.82. The molecule has 0 amide bonds. The number of carbonyl (C=O) groups excluding carboxylic acids is 2. The van der Waals surface area contributed by atoms with Crippen LogP contribution in [0.1, 0.15) is 40.5 Å². The fraction of sp³-hybridized carbons (Fsp3) is 0.700. The molecule has 3 fully saturated rings. The summed E-state index contributed by atoms with van der Waals surface area (Å²) in [4.78, 5) is 24.2. The first-order valence-electron chi connectivity index (χ1n) is 9.22. The Bertz CT molecular complexity index is 667. The van der Waals surface area contributed by atoms with Crippen molar-refractivity contribution in [3.63, 3.8) is 0 Å². The van der Waals surface area contributed by atoms with Gasteiger partial charge in [0.05, 0.1) is 18.1 Å². The first-order chi connectivity index (χ1) is 12.1. The monoisotopic (exact) mass is 364 g/mol. The summed E-state index contributed by atoms with van der Waals surface area (Å²) in [6, 6.07) is 0. The number of ether oxygens (including phenoxy) is 2. The van der Waals surface area contributed by atoms with Gasteiger partial charge < -0.3 is 19.7 Å². The third-order valence-electron chi connectivity index (χ3n) is 6.82. The zero-order valence-electron chi connectivity index (χ0n) is 15.8. The fourth-order valence-electron chi connectivity index (χ4n) is 5.22. The summed E-state index contributed by atoms with van der Waals surface area (Å²) in [5, 5.41) is 22.0. The number of fused-ring (bicyclic) bond motifs is 2. The molecule has 2 aliphatic carbocycles. The molecule has 0 aromatic heterocycles. The van der Waals surface area contributed by atoms with Gasteiger partial charge in [0.15, 0.2) is 0 Å². The highest BCUT2D eigenvalue weighted by atomic mass is 16.6. The molecule has 8 atom stereocenters. The Labute approximate surface area is 153 Å². The largest absolute Gasteiger partial charge is 0.459 e. The van der Waals surface area contributed by atoms with Gasteiger partial charge in [0.2, 0.25) is 0 Å². The average molecular weight is 364 g/mol. The summed E-state index contributed by atoms with van der Waals surface area (Å²) in [5.74, 6) is -1.67. The quantitative estimate of drug-likeness (QED) is 0.573. The number of aliphatic hydroxyl groups excluding tert-OH is 2. The molecule has 2 saturated carbocycles. The molecule has 26 heavy (non-hydrogen) atoms. The van der Waals surface area contributed by atoms with Crippen LogP contribution in [0.15, 0.2) is 23.8 Å². The van der Waals surface area contributed by atoms with Crippen molar-refractivity contribution in [2.24, 2.45) is 23.2 Å². The molecule has 0 spiro atoms. The molecule has 3 aliphatic rings. The van der Waals surface area contributed by atoms with Crippen LogP contribution < -0.4 is 0 Å². The van der Waals surface area contributed by atoms with Crippen LogP contribution in [0.5, 0.6) is 0 Å². The van der Waals surface area contributed by atoms with Crippen molar-refractivity contribution in [3.8, 4) is 0 Å². The normalized spacial score (nSPS) is 45.6. The molecule has 6 heteroatoms. The maximum absolute atomic E-state index is 12.3. The van der Waals surface area contributed by atoms with Crippen LogP contribution in [0.4, 0.5) is 0 Å². The van der Waals surface area contributed by atoms with Gasteiger partial charge >= 0.3 is 11.9 Å². The van der Waals surface area contributed by atoms with E-state index in [9.17, 15) is 19.8 Å². The topological polar surface area (TPSA) is 93.1 Å². The number of allylic oxidation sites excluding steroid dienone is 1. The lowest BCUT2D eigenvalue weighted by Gasteiger charge is -2.41. The second-order valence-electron chi connectivity index (χ2n) is 8.21. The first-order valence-corrected chi connectivity index (χ1v) is 9.22. The summed E-state index contributed by atoms with van der Waals surface area (Å²) in [7, 11) is 0. The second-order valence-corrected chi connectivity index (χ2v) is 8.21. The van der Waals surface area contributed by atoms with Gasteiger partial charge in [-0.1, -0.05) is 26.5 Å². The Morgan fingerprint density at radius 1 is 1.38 bits per heavy atom. The van der Waals surface area contributed by atoms with Gasteiger partial charge in [0.25, 0.3) is 0 Å². The second kappa shape index (κ2) is 6.50. The molecule has 144 valence electrons. The minimum Gasteiger partial charge on any atom is -0.459 e. The summed E-state index contributed by atoms with van der Waals surface area (Å²) in [5.41, 5.74) is -0.145. The van der Waals surface area contributed by atoms with Gasteiger partial charge in [0.1, 0.15) is 12.2 Å². The first kappa shape index (κ1) is 19.1. The van der Waals surface area contributed by atoms with Crippen molar-refractivity contribution in [1.82, 2.24) is 0 Å². The van der Waals surface area contributed by atoms with Gasteiger partial charge in [0, 0.05) is 28.9 Å². The Morgan fingerprint density at radius 3 is 2.65 bits per heavy atom. The lowest BCUT2D eigenvalue weighted by Crippen LogP contribution is -2.49. The smallest absolute Gasteiger partial charge is 0.334 e. The van der Waals surface area contributed by atoms with Crippen LogP contribution >= 0.6 is 0 Å². The molecule has 3 rings (SSSR count). The van der Waals surface area contributed by atoms with Crippen LogP contribution in [-0.4, -0.2) is 46.6 Å². The molecule has 0 aromatic carbocycles. The fourth-order valence-corrected chi connectivity index (χ4v) is 5.22. The van der Waals surface area contributed by atoms with Crippen LogP contribution in [0.25, 0.3) is 0 Å². The van der Waals surface area contributed by atoms with E-state index in [2.05, 4.69) is 6.58 Å². The van der Waals surface area contributed by atoms with Gasteiger partial charge in [-0.05, 0) is 26.2 Å². The SMILES string of the molecule is C=C1C(=O)O[C@H]2C[C@@H](C)[C@@H]3[C@@H](OC(=O)/C(C)=C\C)C[C@@H](O)[C@@]3(C)[C@@H](O)[C@H]12. The van der Waals surface area contributed by atoms with Gasteiger partial charge in [-0.15, -0.1) is 0 Å². The molecule has 0 unspecified atom stereocenters. The number of hydrogen-bond donors (Lipinski definition) is 2. The van der Waals surface area contributed by atoms with E-state index in [0.29, 0.717) is 12.0 Å². The molecule has 1 heterocycles. The number of hydrogen-bond acceptors (Lipinski definition) is 6. The molecular formula is C20H28O6. The highest BCUT2D eigenvalue weighted by Gasteiger charge is 2.64.